The quantitative estimate of drug-likeness (QED) is 0.726. The fourth-order valence-electron chi connectivity index (χ4n) is 2.50. The van der Waals surface area contributed by atoms with E-state index in [2.05, 4.69) is 10.2 Å². The van der Waals surface area contributed by atoms with E-state index in [0.717, 1.165) is 32.5 Å². The van der Waals surface area contributed by atoms with Crippen LogP contribution in [0.5, 0.6) is 0 Å². The molecule has 116 valence electrons. The molecule has 1 saturated heterocycles. The van der Waals surface area contributed by atoms with Crippen LogP contribution in [0.2, 0.25) is 5.02 Å². The monoisotopic (exact) mass is 311 g/mol. The number of hydrogen-bond donors (Lipinski definition) is 3. The van der Waals surface area contributed by atoms with Gasteiger partial charge >= 0.3 is 0 Å². The van der Waals surface area contributed by atoms with Gasteiger partial charge in [0.1, 0.15) is 0 Å². The summed E-state index contributed by atoms with van der Waals surface area (Å²) in [5.74, 6) is 0.370. The summed E-state index contributed by atoms with van der Waals surface area (Å²) in [7, 11) is 0. The van der Waals surface area contributed by atoms with E-state index in [1.165, 1.54) is 0 Å². The molecule has 0 saturated carbocycles. The molecule has 1 aliphatic rings. The number of amides is 1. The number of carbonyl (C=O) groups excluding carboxylic acids is 1. The van der Waals surface area contributed by atoms with E-state index in [1.54, 1.807) is 18.2 Å². The smallest absolute Gasteiger partial charge is 0.225 e. The SMILES string of the molecule is Nc1ccc(NC(=O)CCN2CCC(CO)CC2)c(Cl)c1. The summed E-state index contributed by atoms with van der Waals surface area (Å²) in [6.07, 6.45) is 2.44. The Morgan fingerprint density at radius 3 is 2.76 bits per heavy atom. The predicted molar refractivity (Wildman–Crippen MR) is 85.4 cm³/mol. The summed E-state index contributed by atoms with van der Waals surface area (Å²) >= 11 is 6.03. The first kappa shape index (κ1) is 16.1. The molecule has 1 aromatic rings. The van der Waals surface area contributed by atoms with E-state index in [-0.39, 0.29) is 12.5 Å². The molecular formula is C15H22ClN3O2. The highest BCUT2D eigenvalue weighted by Crippen LogP contribution is 2.24. The Labute approximate surface area is 130 Å². The van der Waals surface area contributed by atoms with Crippen LogP contribution >= 0.6 is 11.6 Å². The topological polar surface area (TPSA) is 78.6 Å². The lowest BCUT2D eigenvalue weighted by Gasteiger charge is -2.30. The summed E-state index contributed by atoms with van der Waals surface area (Å²) in [4.78, 5) is 14.2. The van der Waals surface area contributed by atoms with E-state index in [0.29, 0.717) is 28.7 Å². The minimum Gasteiger partial charge on any atom is -0.399 e. The van der Waals surface area contributed by atoms with Crippen LogP contribution in [0.4, 0.5) is 11.4 Å². The predicted octanol–water partition coefficient (Wildman–Crippen LogP) is 1.96. The maximum absolute atomic E-state index is 11.9. The highest BCUT2D eigenvalue weighted by molar-refractivity contribution is 6.34. The molecule has 21 heavy (non-hydrogen) atoms. The van der Waals surface area contributed by atoms with Crippen molar-refractivity contribution in [2.45, 2.75) is 19.3 Å². The van der Waals surface area contributed by atoms with E-state index in [4.69, 9.17) is 22.4 Å². The Bertz CT molecular complexity index is 488. The van der Waals surface area contributed by atoms with Gasteiger partial charge in [-0.1, -0.05) is 11.6 Å². The first-order valence-corrected chi connectivity index (χ1v) is 7.64. The number of carbonyl (C=O) groups is 1. The number of rotatable bonds is 5. The third-order valence-electron chi connectivity index (χ3n) is 3.89. The molecule has 0 radical (unpaired) electrons. The van der Waals surface area contributed by atoms with Crippen molar-refractivity contribution in [1.29, 1.82) is 0 Å². The highest BCUT2D eigenvalue weighted by Gasteiger charge is 2.18. The molecule has 0 aromatic heterocycles. The molecule has 1 heterocycles. The number of nitrogens with one attached hydrogen (secondary N) is 1. The van der Waals surface area contributed by atoms with Gasteiger partial charge in [-0.3, -0.25) is 4.79 Å². The molecule has 5 nitrogen and oxygen atoms in total. The Hall–Kier alpha value is -1.30. The molecule has 0 atom stereocenters. The van der Waals surface area contributed by atoms with Gasteiger partial charge in [0, 0.05) is 25.3 Å². The lowest BCUT2D eigenvalue weighted by molar-refractivity contribution is -0.116. The van der Waals surface area contributed by atoms with Gasteiger partial charge in [-0.15, -0.1) is 0 Å². The zero-order chi connectivity index (χ0) is 15.2. The van der Waals surface area contributed by atoms with E-state index >= 15 is 0 Å². The van der Waals surface area contributed by atoms with Crippen LogP contribution in [0, 0.1) is 5.92 Å². The first-order valence-electron chi connectivity index (χ1n) is 7.26. The summed E-state index contributed by atoms with van der Waals surface area (Å²) in [5.41, 5.74) is 6.78. The van der Waals surface area contributed by atoms with Crippen molar-refractivity contribution in [2.75, 3.05) is 37.3 Å². The number of piperidine rings is 1. The first-order chi connectivity index (χ1) is 10.1. The normalized spacial score (nSPS) is 16.9. The van der Waals surface area contributed by atoms with Crippen LogP contribution in [0.15, 0.2) is 18.2 Å². The van der Waals surface area contributed by atoms with Crippen LogP contribution in [-0.2, 0) is 4.79 Å². The number of anilines is 2. The van der Waals surface area contributed by atoms with Gasteiger partial charge in [0.15, 0.2) is 0 Å². The highest BCUT2D eigenvalue weighted by atomic mass is 35.5. The van der Waals surface area contributed by atoms with Crippen molar-refractivity contribution in [3.8, 4) is 0 Å². The van der Waals surface area contributed by atoms with Crippen molar-refractivity contribution in [1.82, 2.24) is 4.90 Å². The lowest BCUT2D eigenvalue weighted by Crippen LogP contribution is -2.36. The number of aliphatic hydroxyl groups is 1. The molecule has 0 spiro atoms. The average Bonchev–Trinajstić information content (AvgIpc) is 2.48. The fraction of sp³-hybridized carbons (Fsp3) is 0.533. The molecule has 2 rings (SSSR count). The number of aliphatic hydroxyl groups excluding tert-OH is 1. The van der Waals surface area contributed by atoms with Gasteiger partial charge in [-0.2, -0.15) is 0 Å². The zero-order valence-corrected chi connectivity index (χ0v) is 12.8. The van der Waals surface area contributed by atoms with Crippen LogP contribution < -0.4 is 11.1 Å². The van der Waals surface area contributed by atoms with Crippen LogP contribution in [0.25, 0.3) is 0 Å². The average molecular weight is 312 g/mol. The Morgan fingerprint density at radius 2 is 2.14 bits per heavy atom. The van der Waals surface area contributed by atoms with Gasteiger partial charge < -0.3 is 21.1 Å². The number of nitrogens with zero attached hydrogens (tertiary/aromatic N) is 1. The van der Waals surface area contributed by atoms with E-state index < -0.39 is 0 Å². The third kappa shape index (κ3) is 4.88. The van der Waals surface area contributed by atoms with Crippen molar-refractivity contribution in [2.24, 2.45) is 5.92 Å². The molecule has 0 unspecified atom stereocenters. The van der Waals surface area contributed by atoms with Crippen molar-refractivity contribution >= 4 is 28.9 Å². The maximum atomic E-state index is 11.9. The Balaban J connectivity index is 1.75. The molecular weight excluding hydrogens is 290 g/mol. The van der Waals surface area contributed by atoms with Crippen molar-refractivity contribution < 1.29 is 9.90 Å². The van der Waals surface area contributed by atoms with E-state index in [1.807, 2.05) is 0 Å². The van der Waals surface area contributed by atoms with Gasteiger partial charge in [-0.05, 0) is 50.0 Å². The second kappa shape index (κ2) is 7.64. The Morgan fingerprint density at radius 1 is 1.43 bits per heavy atom. The summed E-state index contributed by atoms with van der Waals surface area (Å²) in [6, 6.07) is 5.04. The largest absolute Gasteiger partial charge is 0.399 e. The number of nitrogen functional groups attached to an aromatic ring is 1. The van der Waals surface area contributed by atoms with Crippen LogP contribution in [0.1, 0.15) is 19.3 Å². The second-order valence-corrected chi connectivity index (χ2v) is 5.91. The molecule has 4 N–H and O–H groups in total. The van der Waals surface area contributed by atoms with Gasteiger partial charge in [0.2, 0.25) is 5.91 Å². The molecule has 1 aliphatic heterocycles. The van der Waals surface area contributed by atoms with Gasteiger partial charge in [-0.25, -0.2) is 0 Å². The third-order valence-corrected chi connectivity index (χ3v) is 4.20. The summed E-state index contributed by atoms with van der Waals surface area (Å²) < 4.78 is 0. The molecule has 1 fully saturated rings. The number of hydrogen-bond acceptors (Lipinski definition) is 4. The fourth-order valence-corrected chi connectivity index (χ4v) is 2.73. The minimum absolute atomic E-state index is 0.0500. The van der Waals surface area contributed by atoms with Crippen LogP contribution in [-0.4, -0.2) is 42.2 Å². The molecule has 1 aromatic carbocycles. The van der Waals surface area contributed by atoms with E-state index in [9.17, 15) is 4.79 Å². The molecule has 0 bridgehead atoms. The van der Waals surface area contributed by atoms with Gasteiger partial charge in [0.05, 0.1) is 10.7 Å². The minimum atomic E-state index is -0.0500. The molecule has 0 aliphatic carbocycles. The standard InChI is InChI=1S/C15H22ClN3O2/c16-13-9-12(17)1-2-14(13)18-15(21)5-8-19-6-3-11(10-20)4-7-19/h1-2,9,11,20H,3-8,10,17H2,(H,18,21). The summed E-state index contributed by atoms with van der Waals surface area (Å²) in [5, 5.41) is 12.4. The zero-order valence-electron chi connectivity index (χ0n) is 12.0. The van der Waals surface area contributed by atoms with Crippen molar-refractivity contribution in [3.05, 3.63) is 23.2 Å². The van der Waals surface area contributed by atoms with Crippen LogP contribution in [0.3, 0.4) is 0 Å². The number of likely N-dealkylation sites (tertiary alicyclic amines) is 1. The molecule has 6 heteroatoms. The number of benzene rings is 1. The number of halogens is 1. The number of nitrogens with two attached hydrogens (primary N) is 1. The molecule has 1 amide bonds. The summed E-state index contributed by atoms with van der Waals surface area (Å²) in [6.45, 7) is 2.89. The van der Waals surface area contributed by atoms with Gasteiger partial charge in [0.25, 0.3) is 0 Å². The maximum Gasteiger partial charge on any atom is 0.225 e. The Kier molecular flexibility index (Phi) is 5.85. The second-order valence-electron chi connectivity index (χ2n) is 5.51. The lowest BCUT2D eigenvalue weighted by atomic mass is 9.98. The van der Waals surface area contributed by atoms with Crippen molar-refractivity contribution in [3.63, 3.8) is 0 Å².